The number of piperidine rings is 1. The van der Waals surface area contributed by atoms with Crippen LogP contribution in [-0.2, 0) is 14.3 Å². The second-order valence-electron chi connectivity index (χ2n) is 6.08. The molecule has 1 N–H and O–H groups in total. The number of amides is 3. The molecular formula is C14H23N3O4. The number of likely N-dealkylation sites (tertiary alicyclic amines) is 1. The highest BCUT2D eigenvalue weighted by Gasteiger charge is 2.44. The quantitative estimate of drug-likeness (QED) is 0.598. The molecule has 7 nitrogen and oxygen atoms in total. The summed E-state index contributed by atoms with van der Waals surface area (Å²) in [5.74, 6) is -0.466. The molecule has 0 aliphatic carbocycles. The number of nitrogens with zero attached hydrogens (tertiary/aromatic N) is 2. The van der Waals surface area contributed by atoms with E-state index in [4.69, 9.17) is 4.74 Å². The number of esters is 1. The molecule has 2 saturated heterocycles. The fraction of sp³-hybridized carbons (Fsp3) is 0.786. The second-order valence-corrected chi connectivity index (χ2v) is 6.08. The van der Waals surface area contributed by atoms with Gasteiger partial charge in [-0.25, -0.2) is 4.79 Å². The van der Waals surface area contributed by atoms with Gasteiger partial charge in [-0.1, -0.05) is 6.42 Å². The van der Waals surface area contributed by atoms with Gasteiger partial charge in [0.05, 0.1) is 7.11 Å². The van der Waals surface area contributed by atoms with Crippen LogP contribution in [-0.4, -0.2) is 66.0 Å². The van der Waals surface area contributed by atoms with Crippen LogP contribution in [0.15, 0.2) is 0 Å². The van der Waals surface area contributed by atoms with E-state index in [1.54, 1.807) is 13.8 Å². The molecule has 2 aliphatic rings. The summed E-state index contributed by atoms with van der Waals surface area (Å²) in [7, 11) is 1.38. The molecular weight excluding hydrogens is 274 g/mol. The Bertz CT molecular complexity index is 450. The number of imide groups is 1. The fourth-order valence-corrected chi connectivity index (χ4v) is 2.91. The zero-order valence-electron chi connectivity index (χ0n) is 12.8. The predicted molar refractivity (Wildman–Crippen MR) is 75.6 cm³/mol. The largest absolute Gasteiger partial charge is 0.468 e. The van der Waals surface area contributed by atoms with E-state index in [-0.39, 0.29) is 23.9 Å². The van der Waals surface area contributed by atoms with Crippen molar-refractivity contribution < 1.29 is 19.1 Å². The van der Waals surface area contributed by atoms with Crippen LogP contribution in [0.4, 0.5) is 4.79 Å². The molecule has 1 atom stereocenters. The SMILES string of the molecule is COC(=O)[C@H]1CCCCN1CCN1C(=O)NC(C)(C)C1=O. The molecule has 0 radical (unpaired) electrons. The van der Waals surface area contributed by atoms with Gasteiger partial charge in [0.25, 0.3) is 5.91 Å². The van der Waals surface area contributed by atoms with Crippen LogP contribution in [0.1, 0.15) is 33.1 Å². The first kappa shape index (κ1) is 15.8. The normalized spacial score (nSPS) is 25.9. The number of carbonyl (C=O) groups is 3. The van der Waals surface area contributed by atoms with Crippen molar-refractivity contribution in [3.63, 3.8) is 0 Å². The maximum atomic E-state index is 12.1. The number of ether oxygens (including phenoxy) is 1. The van der Waals surface area contributed by atoms with Gasteiger partial charge in [-0.3, -0.25) is 19.4 Å². The van der Waals surface area contributed by atoms with Gasteiger partial charge in [-0.2, -0.15) is 0 Å². The van der Waals surface area contributed by atoms with Crippen LogP contribution >= 0.6 is 0 Å². The van der Waals surface area contributed by atoms with Crippen molar-refractivity contribution >= 4 is 17.9 Å². The molecule has 21 heavy (non-hydrogen) atoms. The number of nitrogens with one attached hydrogen (secondary N) is 1. The number of hydrogen-bond acceptors (Lipinski definition) is 5. The minimum atomic E-state index is -0.846. The number of carbonyl (C=O) groups excluding carboxylic acids is 3. The summed E-state index contributed by atoms with van der Waals surface area (Å²) in [6.07, 6.45) is 2.77. The summed E-state index contributed by atoms with van der Waals surface area (Å²) < 4.78 is 4.83. The number of methoxy groups -OCH3 is 1. The molecule has 0 saturated carbocycles. The van der Waals surface area contributed by atoms with Crippen LogP contribution in [0.2, 0.25) is 0 Å². The van der Waals surface area contributed by atoms with Crippen LogP contribution < -0.4 is 5.32 Å². The van der Waals surface area contributed by atoms with E-state index in [0.29, 0.717) is 13.1 Å². The van der Waals surface area contributed by atoms with Crippen LogP contribution in [0, 0.1) is 0 Å². The minimum absolute atomic E-state index is 0.223. The molecule has 2 rings (SSSR count). The standard InChI is InChI=1S/C14H23N3O4/c1-14(2)12(19)17(13(20)15-14)9-8-16-7-5-4-6-10(16)11(18)21-3/h10H,4-9H2,1-3H3,(H,15,20)/t10-/m1/s1. The summed E-state index contributed by atoms with van der Waals surface area (Å²) in [6.45, 7) is 4.94. The third-order valence-electron chi connectivity index (χ3n) is 4.14. The lowest BCUT2D eigenvalue weighted by Crippen LogP contribution is -2.49. The summed E-state index contributed by atoms with van der Waals surface area (Å²) in [5, 5.41) is 2.65. The Labute approximate surface area is 124 Å². The van der Waals surface area contributed by atoms with Gasteiger partial charge in [0, 0.05) is 13.1 Å². The maximum absolute atomic E-state index is 12.1. The monoisotopic (exact) mass is 297 g/mol. The van der Waals surface area contributed by atoms with Crippen LogP contribution in [0.5, 0.6) is 0 Å². The highest BCUT2D eigenvalue weighted by Crippen LogP contribution is 2.20. The highest BCUT2D eigenvalue weighted by atomic mass is 16.5. The Morgan fingerprint density at radius 3 is 2.62 bits per heavy atom. The van der Waals surface area contributed by atoms with Gasteiger partial charge in [-0.05, 0) is 33.2 Å². The predicted octanol–water partition coefficient (Wildman–Crippen LogP) is 0.344. The van der Waals surface area contributed by atoms with E-state index in [0.717, 1.165) is 25.8 Å². The van der Waals surface area contributed by atoms with E-state index < -0.39 is 5.54 Å². The Morgan fingerprint density at radius 1 is 1.33 bits per heavy atom. The molecule has 2 fully saturated rings. The summed E-state index contributed by atoms with van der Waals surface area (Å²) >= 11 is 0. The average molecular weight is 297 g/mol. The smallest absolute Gasteiger partial charge is 0.325 e. The van der Waals surface area contributed by atoms with E-state index in [9.17, 15) is 14.4 Å². The van der Waals surface area contributed by atoms with Crippen molar-refractivity contribution in [2.45, 2.75) is 44.7 Å². The zero-order valence-corrected chi connectivity index (χ0v) is 12.8. The molecule has 7 heteroatoms. The molecule has 0 spiro atoms. The van der Waals surface area contributed by atoms with Crippen LogP contribution in [0.3, 0.4) is 0 Å². The Kier molecular flexibility index (Phi) is 4.51. The number of rotatable bonds is 4. The van der Waals surface area contributed by atoms with E-state index >= 15 is 0 Å². The summed E-state index contributed by atoms with van der Waals surface area (Å²) in [4.78, 5) is 39.0. The van der Waals surface area contributed by atoms with Crippen molar-refractivity contribution in [2.75, 3.05) is 26.7 Å². The Balaban J connectivity index is 1.96. The molecule has 118 valence electrons. The lowest BCUT2D eigenvalue weighted by atomic mass is 10.0. The van der Waals surface area contributed by atoms with Gasteiger partial charge < -0.3 is 10.1 Å². The number of hydrogen-bond donors (Lipinski definition) is 1. The molecule has 0 aromatic rings. The van der Waals surface area contributed by atoms with Gasteiger partial charge in [0.15, 0.2) is 0 Å². The average Bonchev–Trinajstić information content (AvgIpc) is 2.65. The summed E-state index contributed by atoms with van der Waals surface area (Å²) in [5.41, 5.74) is -0.846. The number of urea groups is 1. The molecule has 0 aromatic heterocycles. The molecule has 0 aromatic carbocycles. The lowest BCUT2D eigenvalue weighted by Gasteiger charge is -2.34. The van der Waals surface area contributed by atoms with Crippen molar-refractivity contribution in [1.82, 2.24) is 15.1 Å². The van der Waals surface area contributed by atoms with Gasteiger partial charge in [0.2, 0.25) is 0 Å². The van der Waals surface area contributed by atoms with E-state index in [1.807, 2.05) is 4.90 Å². The third-order valence-corrected chi connectivity index (χ3v) is 4.14. The Morgan fingerprint density at radius 2 is 2.05 bits per heavy atom. The van der Waals surface area contributed by atoms with Crippen molar-refractivity contribution in [1.29, 1.82) is 0 Å². The maximum Gasteiger partial charge on any atom is 0.325 e. The minimum Gasteiger partial charge on any atom is -0.468 e. The molecule has 3 amide bonds. The van der Waals surface area contributed by atoms with Gasteiger partial charge >= 0.3 is 12.0 Å². The first-order valence-corrected chi connectivity index (χ1v) is 7.33. The first-order valence-electron chi connectivity index (χ1n) is 7.33. The van der Waals surface area contributed by atoms with E-state index in [1.165, 1.54) is 12.0 Å². The first-order chi connectivity index (χ1) is 9.86. The molecule has 0 bridgehead atoms. The molecule has 2 heterocycles. The lowest BCUT2D eigenvalue weighted by molar-refractivity contribution is -0.148. The van der Waals surface area contributed by atoms with Crippen LogP contribution in [0.25, 0.3) is 0 Å². The Hall–Kier alpha value is -1.63. The third kappa shape index (κ3) is 3.18. The summed E-state index contributed by atoms with van der Waals surface area (Å²) in [6, 6.07) is -0.630. The topological polar surface area (TPSA) is 79.0 Å². The molecule has 0 unspecified atom stereocenters. The molecule has 2 aliphatic heterocycles. The van der Waals surface area contributed by atoms with Crippen molar-refractivity contribution in [3.8, 4) is 0 Å². The van der Waals surface area contributed by atoms with Crippen molar-refractivity contribution in [2.24, 2.45) is 0 Å². The van der Waals surface area contributed by atoms with Gasteiger partial charge in [-0.15, -0.1) is 0 Å². The van der Waals surface area contributed by atoms with Gasteiger partial charge in [0.1, 0.15) is 11.6 Å². The highest BCUT2D eigenvalue weighted by molar-refractivity contribution is 6.06. The second kappa shape index (κ2) is 6.01. The zero-order chi connectivity index (χ0) is 15.6. The van der Waals surface area contributed by atoms with E-state index in [2.05, 4.69) is 5.32 Å². The fourth-order valence-electron chi connectivity index (χ4n) is 2.91. The van der Waals surface area contributed by atoms with Crippen molar-refractivity contribution in [3.05, 3.63) is 0 Å².